The number of halogens is 2. The normalized spacial score (nSPS) is 20.1. The van der Waals surface area contributed by atoms with E-state index in [1.54, 1.807) is 42.2 Å². The van der Waals surface area contributed by atoms with Gasteiger partial charge in [0.25, 0.3) is 0 Å². The summed E-state index contributed by atoms with van der Waals surface area (Å²) in [5, 5.41) is 6.57. The first-order valence-electron chi connectivity index (χ1n) is 12.6. The van der Waals surface area contributed by atoms with Crippen LogP contribution in [0.2, 0.25) is 0 Å². The average Bonchev–Trinajstić information content (AvgIpc) is 3.43. The van der Waals surface area contributed by atoms with Crippen LogP contribution in [0, 0.1) is 11.6 Å². The molecule has 37 heavy (non-hydrogen) atoms. The Bertz CT molecular complexity index is 1180. The van der Waals surface area contributed by atoms with E-state index < -0.39 is 0 Å². The van der Waals surface area contributed by atoms with Gasteiger partial charge in [0.2, 0.25) is 5.91 Å². The van der Waals surface area contributed by atoms with E-state index >= 15 is 0 Å². The third-order valence-corrected chi connectivity index (χ3v) is 8.16. The second kappa shape index (κ2) is 12.0. The third-order valence-electron chi connectivity index (χ3n) is 6.89. The maximum atomic E-state index is 13.6. The summed E-state index contributed by atoms with van der Waals surface area (Å²) in [7, 11) is 0. The number of pyridine rings is 1. The number of aromatic nitrogens is 1. The van der Waals surface area contributed by atoms with Gasteiger partial charge in [-0.2, -0.15) is 0 Å². The number of likely N-dealkylation sites (tertiary alicyclic amines) is 1. The van der Waals surface area contributed by atoms with E-state index in [4.69, 9.17) is 0 Å². The molecule has 192 valence electrons. The highest BCUT2D eigenvalue weighted by molar-refractivity contribution is 7.99. The Labute approximate surface area is 220 Å². The van der Waals surface area contributed by atoms with E-state index in [0.29, 0.717) is 6.54 Å². The van der Waals surface area contributed by atoms with Gasteiger partial charge in [-0.3, -0.25) is 15.1 Å². The standard InChI is InChI=1S/C29H30F2N4OS/c30-24-7-3-20(4-8-24)27(21-5-9-25(31)10-6-21)22-11-15-35(16-12-22)17-14-33-28(36)26-19-37-29(34-26)23-2-1-13-32-18-23/h1-10,13,18,26,29,34H,11-12,14-17,19H2,(H,33,36). The first kappa shape index (κ1) is 25.6. The van der Waals surface area contributed by atoms with Crippen molar-refractivity contribution in [1.82, 2.24) is 20.5 Å². The molecule has 2 aromatic carbocycles. The van der Waals surface area contributed by atoms with E-state index in [2.05, 4.69) is 20.5 Å². The number of piperidine rings is 1. The largest absolute Gasteiger partial charge is 0.353 e. The van der Waals surface area contributed by atoms with Crippen LogP contribution in [0.3, 0.4) is 0 Å². The summed E-state index contributed by atoms with van der Waals surface area (Å²) in [4.78, 5) is 19.2. The molecular formula is C29H30F2N4OS. The molecule has 2 aliphatic heterocycles. The molecule has 0 bridgehead atoms. The minimum Gasteiger partial charge on any atom is -0.353 e. The molecule has 3 heterocycles. The first-order chi connectivity index (χ1) is 18.1. The monoisotopic (exact) mass is 520 g/mol. The van der Waals surface area contributed by atoms with Gasteiger partial charge in [0.15, 0.2) is 0 Å². The van der Waals surface area contributed by atoms with Crippen molar-refractivity contribution in [3.63, 3.8) is 0 Å². The van der Waals surface area contributed by atoms with Crippen molar-refractivity contribution in [2.45, 2.75) is 24.3 Å². The zero-order valence-electron chi connectivity index (χ0n) is 20.5. The maximum Gasteiger partial charge on any atom is 0.238 e. The number of benzene rings is 2. The molecule has 0 saturated carbocycles. The van der Waals surface area contributed by atoms with Gasteiger partial charge in [-0.05, 0) is 65.4 Å². The Morgan fingerprint density at radius 3 is 2.24 bits per heavy atom. The fraction of sp³-hybridized carbons (Fsp3) is 0.310. The van der Waals surface area contributed by atoms with Crippen LogP contribution in [0.15, 0.2) is 78.6 Å². The Morgan fingerprint density at radius 1 is 1.00 bits per heavy atom. The van der Waals surface area contributed by atoms with Gasteiger partial charge in [0, 0.05) is 44.3 Å². The van der Waals surface area contributed by atoms with E-state index in [-0.39, 0.29) is 29.0 Å². The zero-order valence-corrected chi connectivity index (χ0v) is 21.3. The van der Waals surface area contributed by atoms with Gasteiger partial charge in [0.1, 0.15) is 11.6 Å². The lowest BCUT2D eigenvalue weighted by atomic mass is 9.88. The molecule has 0 aliphatic carbocycles. The van der Waals surface area contributed by atoms with Crippen molar-refractivity contribution < 1.29 is 13.6 Å². The van der Waals surface area contributed by atoms with Crippen LogP contribution in [0.5, 0.6) is 0 Å². The number of hydrogen-bond acceptors (Lipinski definition) is 5. The molecule has 5 nitrogen and oxygen atoms in total. The van der Waals surface area contributed by atoms with E-state index in [1.165, 1.54) is 29.8 Å². The molecular weight excluding hydrogens is 490 g/mol. The Hall–Kier alpha value is -3.07. The smallest absolute Gasteiger partial charge is 0.238 e. The minimum atomic E-state index is -0.275. The lowest BCUT2D eigenvalue weighted by Crippen LogP contribution is -2.45. The predicted molar refractivity (Wildman–Crippen MR) is 144 cm³/mol. The number of nitrogens with one attached hydrogen (secondary N) is 2. The van der Waals surface area contributed by atoms with Gasteiger partial charge >= 0.3 is 0 Å². The predicted octanol–water partition coefficient (Wildman–Crippen LogP) is 4.78. The molecule has 2 N–H and O–H groups in total. The van der Waals surface area contributed by atoms with Crippen molar-refractivity contribution in [3.05, 3.63) is 107 Å². The third kappa shape index (κ3) is 6.44. The average molecular weight is 521 g/mol. The van der Waals surface area contributed by atoms with E-state index in [0.717, 1.165) is 60.5 Å². The Balaban J connectivity index is 1.15. The molecule has 2 unspecified atom stereocenters. The molecule has 3 aromatic rings. The second-order valence-corrected chi connectivity index (χ2v) is 10.5. The van der Waals surface area contributed by atoms with E-state index in [9.17, 15) is 13.6 Å². The molecule has 8 heteroatoms. The maximum absolute atomic E-state index is 13.6. The van der Waals surface area contributed by atoms with Crippen LogP contribution < -0.4 is 10.6 Å². The van der Waals surface area contributed by atoms with Gasteiger partial charge in [-0.1, -0.05) is 35.9 Å². The molecule has 2 fully saturated rings. The van der Waals surface area contributed by atoms with Crippen molar-refractivity contribution >= 4 is 23.2 Å². The van der Waals surface area contributed by atoms with Crippen molar-refractivity contribution in [2.75, 3.05) is 31.9 Å². The van der Waals surface area contributed by atoms with Crippen LogP contribution in [0.1, 0.15) is 34.9 Å². The summed E-state index contributed by atoms with van der Waals surface area (Å²) in [5.74, 6) is 0.219. The zero-order chi connectivity index (χ0) is 25.6. The summed E-state index contributed by atoms with van der Waals surface area (Å²) < 4.78 is 27.1. The molecule has 1 amide bonds. The minimum absolute atomic E-state index is 0.0337. The number of amides is 1. The number of nitrogens with zero attached hydrogens (tertiary/aromatic N) is 2. The molecule has 0 spiro atoms. The second-order valence-electron chi connectivity index (χ2n) is 9.34. The van der Waals surface area contributed by atoms with Crippen LogP contribution in [-0.2, 0) is 4.79 Å². The SMILES string of the molecule is O=C(NCCN1CCC(=C(c2ccc(F)cc2)c2ccc(F)cc2)CC1)C1CSC(c2cccnc2)N1. The van der Waals surface area contributed by atoms with Crippen molar-refractivity contribution in [2.24, 2.45) is 0 Å². The number of thioether (sulfide) groups is 1. The number of carbonyl (C=O) groups excluding carboxylic acids is 1. The van der Waals surface area contributed by atoms with Gasteiger partial charge in [0.05, 0.1) is 11.4 Å². The Morgan fingerprint density at radius 2 is 1.65 bits per heavy atom. The summed E-state index contributed by atoms with van der Waals surface area (Å²) >= 11 is 1.73. The lowest BCUT2D eigenvalue weighted by Gasteiger charge is -2.30. The number of carbonyl (C=O) groups is 1. The van der Waals surface area contributed by atoms with Crippen LogP contribution in [-0.4, -0.2) is 53.8 Å². The summed E-state index contributed by atoms with van der Waals surface area (Å²) in [6.07, 6.45) is 5.32. The quantitative estimate of drug-likeness (QED) is 0.470. The first-order valence-corrected chi connectivity index (χ1v) is 13.6. The van der Waals surface area contributed by atoms with Crippen LogP contribution >= 0.6 is 11.8 Å². The summed E-state index contributed by atoms with van der Waals surface area (Å²) in [5.41, 5.74) is 5.30. The summed E-state index contributed by atoms with van der Waals surface area (Å²) in [6, 6.07) is 16.7. The number of rotatable bonds is 7. The molecule has 2 atom stereocenters. The van der Waals surface area contributed by atoms with Crippen LogP contribution in [0.25, 0.3) is 5.57 Å². The molecule has 5 rings (SSSR count). The topological polar surface area (TPSA) is 57.3 Å². The fourth-order valence-corrected chi connectivity index (χ4v) is 6.14. The van der Waals surface area contributed by atoms with Crippen molar-refractivity contribution in [3.8, 4) is 0 Å². The highest BCUT2D eigenvalue weighted by Gasteiger charge is 2.30. The van der Waals surface area contributed by atoms with Crippen LogP contribution in [0.4, 0.5) is 8.78 Å². The molecule has 2 saturated heterocycles. The highest BCUT2D eigenvalue weighted by atomic mass is 32.2. The molecule has 1 aromatic heterocycles. The van der Waals surface area contributed by atoms with E-state index in [1.807, 2.05) is 18.3 Å². The van der Waals surface area contributed by atoms with Gasteiger partial charge in [-0.25, -0.2) is 8.78 Å². The number of hydrogen-bond donors (Lipinski definition) is 2. The molecule has 2 aliphatic rings. The fourth-order valence-electron chi connectivity index (χ4n) is 4.91. The van der Waals surface area contributed by atoms with Gasteiger partial charge in [-0.15, -0.1) is 11.8 Å². The highest BCUT2D eigenvalue weighted by Crippen LogP contribution is 2.33. The lowest BCUT2D eigenvalue weighted by molar-refractivity contribution is -0.122. The Kier molecular flexibility index (Phi) is 8.28. The summed E-state index contributed by atoms with van der Waals surface area (Å²) in [6.45, 7) is 3.13. The molecule has 0 radical (unpaired) electrons. The van der Waals surface area contributed by atoms with Gasteiger partial charge < -0.3 is 10.2 Å². The van der Waals surface area contributed by atoms with Crippen molar-refractivity contribution in [1.29, 1.82) is 0 Å².